The van der Waals surface area contributed by atoms with E-state index in [1.54, 1.807) is 72.8 Å². The van der Waals surface area contributed by atoms with Crippen LogP contribution in [0.4, 0.5) is 0 Å². The molecule has 0 saturated heterocycles. The summed E-state index contributed by atoms with van der Waals surface area (Å²) in [6, 6.07) is 28.2. The van der Waals surface area contributed by atoms with E-state index >= 15 is 0 Å². The zero-order chi connectivity index (χ0) is 92.6. The van der Waals surface area contributed by atoms with Gasteiger partial charge >= 0.3 is 77.6 Å². The second-order valence-corrected chi connectivity index (χ2v) is 30.2. The molecule has 5 aromatic rings. The van der Waals surface area contributed by atoms with Crippen molar-refractivity contribution < 1.29 is 149 Å². The maximum Gasteiger partial charge on any atom is 0.342 e. The lowest BCUT2D eigenvalue weighted by Gasteiger charge is -2.26. The number of carboxylic acid groups (broad SMARTS) is 1. The predicted octanol–water partition coefficient (Wildman–Crippen LogP) is 16.2. The molecule has 0 aliphatic heterocycles. The first kappa shape index (κ1) is 104. The topological polar surface area (TPSA) is 421 Å². The average Bonchev–Trinajstić information content (AvgIpc) is 0.816. The normalized spacial score (nSPS) is 16.0. The monoisotopic (exact) mass is 1780 g/mol. The minimum Gasteiger partial charge on any atom is -0.508 e. The quantitative estimate of drug-likeness (QED) is 0.00813. The Morgan fingerprint density at radius 2 is 0.508 bits per heavy atom. The molecule has 0 atom stereocenters. The Kier molecular flexibility index (Phi) is 48.4. The SMILES string of the molecule is C=CC(=O)OCCCCCCOc1ccc(OC(=O)C2CCC(C(=O)O)CC2)cc1.C=CC(=O)OCCCCCCOc1ccc(OC(=O)C2CCC(C(=O)Oc3ccc(OC(=O)C4CCC(C(=O)Oc5ccc(OCCCCCCOC(=O)C=C)cc5)CC4)c(C(=O)OCCCCOC(=O)C=C)c3)CC2)cc1.C=CC(=O)OCCCCOC(=O)c1cc(O)ccc1O. The van der Waals surface area contributed by atoms with Crippen molar-refractivity contribution in [1.29, 1.82) is 0 Å². The molecule has 3 N–H and O–H groups in total. The molecule has 3 aliphatic carbocycles. The zero-order valence-electron chi connectivity index (χ0n) is 72.4. The number of phenols is 2. The summed E-state index contributed by atoms with van der Waals surface area (Å²) in [5.74, 6) is -6.75. The number of ether oxygens (including phenoxy) is 15. The van der Waals surface area contributed by atoms with Gasteiger partial charge in [0.1, 0.15) is 68.6 Å². The van der Waals surface area contributed by atoms with Crippen LogP contribution >= 0.6 is 0 Å². The smallest absolute Gasteiger partial charge is 0.342 e. The van der Waals surface area contributed by atoms with E-state index in [-0.39, 0.29) is 78.4 Å². The number of benzene rings is 5. The molecule has 0 unspecified atom stereocenters. The van der Waals surface area contributed by atoms with Crippen LogP contribution in [0.5, 0.6) is 57.5 Å². The van der Waals surface area contributed by atoms with Crippen LogP contribution in [0.25, 0.3) is 0 Å². The van der Waals surface area contributed by atoms with Crippen LogP contribution in [0.15, 0.2) is 172 Å². The van der Waals surface area contributed by atoms with Crippen LogP contribution in [0.1, 0.15) is 200 Å². The van der Waals surface area contributed by atoms with Crippen molar-refractivity contribution in [3.05, 3.63) is 184 Å². The molecule has 692 valence electrons. The number of rotatable bonds is 52. The van der Waals surface area contributed by atoms with Crippen molar-refractivity contribution in [3.8, 4) is 57.5 Å². The lowest BCUT2D eigenvalue weighted by Crippen LogP contribution is -2.31. The number of carboxylic acids is 1. The number of aliphatic carboxylic acids is 1. The van der Waals surface area contributed by atoms with E-state index in [9.17, 15) is 72.5 Å². The molecule has 128 heavy (non-hydrogen) atoms. The first-order chi connectivity index (χ1) is 61.9. The van der Waals surface area contributed by atoms with Crippen molar-refractivity contribution >= 4 is 77.6 Å². The zero-order valence-corrected chi connectivity index (χ0v) is 72.4. The van der Waals surface area contributed by atoms with E-state index in [4.69, 9.17) is 76.2 Å². The first-order valence-corrected chi connectivity index (χ1v) is 43.3. The highest BCUT2D eigenvalue weighted by Gasteiger charge is 2.36. The summed E-state index contributed by atoms with van der Waals surface area (Å²) in [6.45, 7) is 19.8. The Morgan fingerprint density at radius 1 is 0.266 bits per heavy atom. The fraction of sp³-hybridized carbons (Fsp3) is 0.454. The van der Waals surface area contributed by atoms with Crippen LogP contribution < -0.4 is 37.9 Å². The largest absolute Gasteiger partial charge is 0.508 e. The van der Waals surface area contributed by atoms with Crippen molar-refractivity contribution in [1.82, 2.24) is 0 Å². The predicted molar refractivity (Wildman–Crippen MR) is 464 cm³/mol. The summed E-state index contributed by atoms with van der Waals surface area (Å²) in [5, 5.41) is 27.7. The maximum atomic E-state index is 13.6. The molecular weight excluding hydrogens is 1660 g/mol. The molecule has 0 radical (unpaired) electrons. The number of carbonyl (C=O) groups excluding carboxylic acids is 12. The molecule has 0 amide bonds. The van der Waals surface area contributed by atoms with Gasteiger partial charge in [-0.25, -0.2) is 33.6 Å². The third-order valence-corrected chi connectivity index (χ3v) is 20.6. The third-order valence-electron chi connectivity index (χ3n) is 20.6. The summed E-state index contributed by atoms with van der Waals surface area (Å²) in [4.78, 5) is 157. The standard InChI is InChI=1S/C60H72O18.C23H30O7.C14H16O6/c1-4-53(61)71-37-13-9-7-11-35-69-46-25-29-48(30-26-46)75-56(64)42-17-19-44(20-18-42)58(66)77-50-33-34-52(51(41-50)60(68)74-40-16-15-39-73-55(63)6-3)78-59(67)45-23-21-43(22-24-45)57(65)76-49-31-27-47(28-32-49)70-36-12-8-10-14-38-72-54(62)5-2;1-2-21(24)29-16-6-4-3-5-15-28-19-11-13-20(14-12-19)30-23(27)18-9-7-17(8-10-18)22(25)26;1-2-13(17)19-7-3-4-8-20-14(18)11-9-10(15)5-6-12(11)16/h4-6,25-34,41-45H,1-3,7-24,35-40H2;2,11-14,17-18H,1,3-10,15-16H2,(H,25,26);2,5-6,9,15-16H,1,3-4,7-8H2. The summed E-state index contributed by atoms with van der Waals surface area (Å²) < 4.78 is 80.6. The first-order valence-electron chi connectivity index (χ1n) is 43.3. The van der Waals surface area contributed by atoms with Crippen molar-refractivity contribution in [2.24, 2.45) is 35.5 Å². The number of hydrogen-bond donors (Lipinski definition) is 3. The number of esters is 12. The van der Waals surface area contributed by atoms with Crippen molar-refractivity contribution in [3.63, 3.8) is 0 Å². The van der Waals surface area contributed by atoms with Gasteiger partial charge in [0.2, 0.25) is 0 Å². The Labute approximate surface area is 745 Å². The van der Waals surface area contributed by atoms with Gasteiger partial charge in [-0.2, -0.15) is 0 Å². The van der Waals surface area contributed by atoms with Crippen LogP contribution in [-0.2, 0) is 85.9 Å². The molecule has 0 heterocycles. The molecule has 8 rings (SSSR count). The fourth-order valence-corrected chi connectivity index (χ4v) is 13.3. The van der Waals surface area contributed by atoms with E-state index in [0.29, 0.717) is 177 Å². The van der Waals surface area contributed by atoms with Gasteiger partial charge in [-0.05, 0) is 289 Å². The summed E-state index contributed by atoms with van der Waals surface area (Å²) in [5.41, 5.74) is -0.243. The fourth-order valence-electron chi connectivity index (χ4n) is 13.3. The Hall–Kier alpha value is -13.1. The van der Waals surface area contributed by atoms with Crippen LogP contribution in [0, 0.1) is 35.5 Å². The highest BCUT2D eigenvalue weighted by molar-refractivity contribution is 5.95. The Bertz CT molecular complexity index is 4410. The van der Waals surface area contributed by atoms with E-state index in [0.717, 1.165) is 113 Å². The highest BCUT2D eigenvalue weighted by Crippen LogP contribution is 2.37. The van der Waals surface area contributed by atoms with Gasteiger partial charge in [-0.1, -0.05) is 32.9 Å². The van der Waals surface area contributed by atoms with Crippen molar-refractivity contribution in [2.45, 2.75) is 180 Å². The van der Waals surface area contributed by atoms with Crippen molar-refractivity contribution in [2.75, 3.05) is 66.1 Å². The number of aromatic hydroxyl groups is 2. The molecule has 3 saturated carbocycles. The maximum absolute atomic E-state index is 13.6. The van der Waals surface area contributed by atoms with E-state index in [1.807, 2.05) is 0 Å². The van der Waals surface area contributed by atoms with E-state index in [2.05, 4.69) is 32.9 Å². The molecule has 3 aliphatic rings. The number of carbonyl (C=O) groups is 13. The van der Waals surface area contributed by atoms with Gasteiger partial charge in [0, 0.05) is 30.4 Å². The molecule has 3 fully saturated rings. The molecule has 31 heteroatoms. The third kappa shape index (κ3) is 40.9. The van der Waals surface area contributed by atoms with Crippen LogP contribution in [0.2, 0.25) is 0 Å². The molecule has 0 aromatic heterocycles. The lowest BCUT2D eigenvalue weighted by molar-refractivity contribution is -0.146. The van der Waals surface area contributed by atoms with Crippen LogP contribution in [-0.4, -0.2) is 159 Å². The number of unbranched alkanes of at least 4 members (excludes halogenated alkanes) is 11. The second kappa shape index (κ2) is 59.7. The Morgan fingerprint density at radius 3 is 0.805 bits per heavy atom. The van der Waals surface area contributed by atoms with Gasteiger partial charge < -0.3 is 86.4 Å². The number of hydrogen-bond acceptors (Lipinski definition) is 30. The lowest BCUT2D eigenvalue weighted by atomic mass is 9.82. The second-order valence-electron chi connectivity index (χ2n) is 30.2. The summed E-state index contributed by atoms with van der Waals surface area (Å²) >= 11 is 0. The molecule has 5 aromatic carbocycles. The molecular formula is C97H118O31. The van der Waals surface area contributed by atoms with Gasteiger partial charge in [0.15, 0.2) is 0 Å². The minimum absolute atomic E-state index is 0.0240. The van der Waals surface area contributed by atoms with Gasteiger partial charge in [0.05, 0.1) is 102 Å². The van der Waals surface area contributed by atoms with Gasteiger partial charge in [-0.3, -0.25) is 28.8 Å². The molecule has 31 nitrogen and oxygen atoms in total. The van der Waals surface area contributed by atoms with Gasteiger partial charge in [0.25, 0.3) is 0 Å². The van der Waals surface area contributed by atoms with E-state index < -0.39 is 95.3 Å². The van der Waals surface area contributed by atoms with Gasteiger partial charge in [-0.15, -0.1) is 0 Å². The Balaban J connectivity index is 0.000000407. The molecule has 0 bridgehead atoms. The van der Waals surface area contributed by atoms with Crippen LogP contribution in [0.3, 0.4) is 0 Å². The minimum atomic E-state index is -0.836. The molecule has 0 spiro atoms. The summed E-state index contributed by atoms with van der Waals surface area (Å²) in [6.07, 6.45) is 22.9. The number of phenolic OH excluding ortho intramolecular Hbond substituents is 2. The average molecular weight is 1780 g/mol. The highest BCUT2D eigenvalue weighted by atomic mass is 16.6. The summed E-state index contributed by atoms with van der Waals surface area (Å²) in [7, 11) is 0. The van der Waals surface area contributed by atoms with E-state index in [1.165, 1.54) is 30.3 Å².